The number of nitrogens with two attached hydrogens (primary N) is 1. The van der Waals surface area contributed by atoms with E-state index >= 15 is 0 Å². The van der Waals surface area contributed by atoms with E-state index in [1.165, 1.54) is 0 Å². The van der Waals surface area contributed by atoms with Crippen molar-refractivity contribution in [1.29, 1.82) is 0 Å². The molecule has 0 aromatic heterocycles. The van der Waals surface area contributed by atoms with Crippen LogP contribution in [0.4, 0.5) is 0 Å². The van der Waals surface area contributed by atoms with Crippen molar-refractivity contribution in [2.24, 2.45) is 5.73 Å². The first-order valence-corrected chi connectivity index (χ1v) is 5.42. The van der Waals surface area contributed by atoms with Gasteiger partial charge < -0.3 is 20.3 Å². The Kier molecular flexibility index (Phi) is 3.13. The molecule has 1 aromatic carbocycles. The van der Waals surface area contributed by atoms with Gasteiger partial charge in [0, 0.05) is 10.0 Å². The van der Waals surface area contributed by atoms with E-state index in [9.17, 15) is 4.79 Å². The maximum atomic E-state index is 10.9. The number of aliphatic hydroxyl groups excluding tert-OH is 1. The highest BCUT2D eigenvalue weighted by molar-refractivity contribution is 9.10. The van der Waals surface area contributed by atoms with Gasteiger partial charge in [-0.15, -0.1) is 0 Å². The Bertz CT molecular complexity index is 435. The summed E-state index contributed by atoms with van der Waals surface area (Å²) >= 11 is 3.25. The smallest absolute Gasteiger partial charge is 0.231 e. The summed E-state index contributed by atoms with van der Waals surface area (Å²) in [5.41, 5.74) is 6.74. The molecule has 0 radical (unpaired) electrons. The molecule has 1 aromatic rings. The highest BCUT2D eigenvalue weighted by atomic mass is 79.9. The van der Waals surface area contributed by atoms with Crippen LogP contribution in [0.2, 0.25) is 0 Å². The summed E-state index contributed by atoms with van der Waals surface area (Å²) in [5.74, 6) is 0.815. The van der Waals surface area contributed by atoms with Crippen LogP contribution in [0.25, 0.3) is 0 Å². The molecule has 0 amide bonds. The zero-order chi connectivity index (χ0) is 11.7. The van der Waals surface area contributed by atoms with Gasteiger partial charge in [-0.2, -0.15) is 0 Å². The Balaban J connectivity index is 2.61. The average Bonchev–Trinajstić information content (AvgIpc) is 2.75. The van der Waals surface area contributed by atoms with Crippen molar-refractivity contribution in [3.63, 3.8) is 0 Å². The summed E-state index contributed by atoms with van der Waals surface area (Å²) < 4.78 is 11.0. The lowest BCUT2D eigenvalue weighted by atomic mass is 10.0. The lowest BCUT2D eigenvalue weighted by Crippen LogP contribution is -2.15. The first-order valence-electron chi connectivity index (χ1n) is 4.62. The van der Waals surface area contributed by atoms with Gasteiger partial charge in [-0.3, -0.25) is 4.79 Å². The molecule has 1 aliphatic heterocycles. The third kappa shape index (κ3) is 1.68. The molecule has 0 saturated carbocycles. The molecule has 5 nitrogen and oxygen atoms in total. The molecule has 0 spiro atoms. The second-order valence-corrected chi connectivity index (χ2v) is 4.19. The third-order valence-electron chi connectivity index (χ3n) is 2.37. The van der Waals surface area contributed by atoms with Crippen LogP contribution in [0.15, 0.2) is 10.5 Å². The largest absolute Gasteiger partial charge is 0.453 e. The molecule has 0 bridgehead atoms. The number of aliphatic hydroxyl groups is 1. The molecular formula is C10H10BrNO4. The number of aldehydes is 1. The van der Waals surface area contributed by atoms with Gasteiger partial charge in [-0.25, -0.2) is 0 Å². The summed E-state index contributed by atoms with van der Waals surface area (Å²) in [6.45, 7) is -0.152. The standard InChI is InChI=1S/C10H10BrNO4/c11-7-1-5(8(12)3-14)9-10(6(7)2-13)16-4-15-9/h1-2,8,14H,3-4,12H2. The van der Waals surface area contributed by atoms with E-state index in [1.54, 1.807) is 6.07 Å². The van der Waals surface area contributed by atoms with Gasteiger partial charge in [-0.05, 0) is 22.0 Å². The normalized spacial score (nSPS) is 14.9. The predicted octanol–water partition coefficient (Wildman–Crippen LogP) is 0.982. The van der Waals surface area contributed by atoms with E-state index in [1.807, 2.05) is 0 Å². The van der Waals surface area contributed by atoms with Gasteiger partial charge in [0.15, 0.2) is 17.8 Å². The van der Waals surface area contributed by atoms with E-state index < -0.39 is 6.04 Å². The fourth-order valence-electron chi connectivity index (χ4n) is 1.56. The zero-order valence-electron chi connectivity index (χ0n) is 8.27. The number of fused-ring (bicyclic) bond motifs is 1. The minimum absolute atomic E-state index is 0.0533. The lowest BCUT2D eigenvalue weighted by molar-refractivity contribution is 0.111. The van der Waals surface area contributed by atoms with Gasteiger partial charge in [-0.1, -0.05) is 0 Å². The number of rotatable bonds is 3. The molecule has 1 heterocycles. The Hall–Kier alpha value is -1.11. The van der Waals surface area contributed by atoms with Crippen LogP contribution in [-0.2, 0) is 0 Å². The quantitative estimate of drug-likeness (QED) is 0.810. The molecule has 0 fully saturated rings. The number of benzene rings is 1. The maximum Gasteiger partial charge on any atom is 0.231 e. The molecule has 1 unspecified atom stereocenters. The van der Waals surface area contributed by atoms with Crippen molar-refractivity contribution in [3.05, 3.63) is 21.7 Å². The van der Waals surface area contributed by atoms with Crippen LogP contribution in [0.3, 0.4) is 0 Å². The monoisotopic (exact) mass is 287 g/mol. The van der Waals surface area contributed by atoms with Crippen molar-refractivity contribution in [2.75, 3.05) is 13.4 Å². The van der Waals surface area contributed by atoms with Gasteiger partial charge in [0.2, 0.25) is 6.79 Å². The van der Waals surface area contributed by atoms with E-state index in [0.717, 1.165) is 0 Å². The Morgan fingerprint density at radius 1 is 1.56 bits per heavy atom. The summed E-state index contributed by atoms with van der Waals surface area (Å²) in [4.78, 5) is 10.9. The Labute approximate surface area is 100 Å². The number of carbonyl (C=O) groups is 1. The number of hydrogen-bond acceptors (Lipinski definition) is 5. The molecule has 16 heavy (non-hydrogen) atoms. The average molecular weight is 288 g/mol. The van der Waals surface area contributed by atoms with Crippen molar-refractivity contribution < 1.29 is 19.4 Å². The van der Waals surface area contributed by atoms with E-state index in [2.05, 4.69) is 15.9 Å². The third-order valence-corrected chi connectivity index (χ3v) is 3.03. The minimum Gasteiger partial charge on any atom is -0.453 e. The number of halogens is 1. The summed E-state index contributed by atoms with van der Waals surface area (Å²) in [5, 5.41) is 9.03. The van der Waals surface area contributed by atoms with E-state index in [-0.39, 0.29) is 13.4 Å². The molecule has 2 rings (SSSR count). The fraction of sp³-hybridized carbons (Fsp3) is 0.300. The second kappa shape index (κ2) is 4.40. The topological polar surface area (TPSA) is 81.8 Å². The van der Waals surface area contributed by atoms with Crippen LogP contribution in [0.5, 0.6) is 11.5 Å². The summed E-state index contributed by atoms with van der Waals surface area (Å²) in [6.07, 6.45) is 0.686. The fourth-order valence-corrected chi connectivity index (χ4v) is 2.08. The van der Waals surface area contributed by atoms with Gasteiger partial charge in [0.05, 0.1) is 18.2 Å². The Morgan fingerprint density at radius 3 is 2.88 bits per heavy atom. The number of ether oxygens (including phenoxy) is 2. The van der Waals surface area contributed by atoms with Gasteiger partial charge in [0.25, 0.3) is 0 Å². The SMILES string of the molecule is NC(CO)c1cc(Br)c(C=O)c2c1OCO2. The number of carbonyl (C=O) groups excluding carboxylic acids is 1. The van der Waals surface area contributed by atoms with Crippen molar-refractivity contribution in [2.45, 2.75) is 6.04 Å². The molecule has 1 aliphatic rings. The summed E-state index contributed by atoms with van der Waals surface area (Å²) in [7, 11) is 0. The molecular weight excluding hydrogens is 278 g/mol. The molecule has 1 atom stereocenters. The Morgan fingerprint density at radius 2 is 2.25 bits per heavy atom. The minimum atomic E-state index is -0.563. The van der Waals surface area contributed by atoms with Crippen molar-refractivity contribution >= 4 is 22.2 Å². The number of hydrogen-bond donors (Lipinski definition) is 2. The highest BCUT2D eigenvalue weighted by Gasteiger charge is 2.26. The van der Waals surface area contributed by atoms with Crippen LogP contribution < -0.4 is 15.2 Å². The highest BCUT2D eigenvalue weighted by Crippen LogP contribution is 2.43. The first kappa shape index (κ1) is 11.4. The van der Waals surface area contributed by atoms with Crippen LogP contribution in [-0.4, -0.2) is 24.8 Å². The lowest BCUT2D eigenvalue weighted by Gasteiger charge is -2.13. The van der Waals surface area contributed by atoms with E-state index in [0.29, 0.717) is 33.4 Å². The molecule has 3 N–H and O–H groups in total. The zero-order valence-corrected chi connectivity index (χ0v) is 9.86. The molecule has 0 aliphatic carbocycles. The van der Waals surface area contributed by atoms with Gasteiger partial charge >= 0.3 is 0 Å². The first-order chi connectivity index (χ1) is 7.69. The van der Waals surface area contributed by atoms with Crippen molar-refractivity contribution in [1.82, 2.24) is 0 Å². The van der Waals surface area contributed by atoms with E-state index in [4.69, 9.17) is 20.3 Å². The van der Waals surface area contributed by atoms with Gasteiger partial charge in [0.1, 0.15) is 0 Å². The second-order valence-electron chi connectivity index (χ2n) is 3.33. The maximum absolute atomic E-state index is 10.9. The predicted molar refractivity (Wildman–Crippen MR) is 59.7 cm³/mol. The van der Waals surface area contributed by atoms with Crippen LogP contribution in [0, 0.1) is 0 Å². The van der Waals surface area contributed by atoms with Crippen molar-refractivity contribution in [3.8, 4) is 11.5 Å². The molecule has 86 valence electrons. The van der Waals surface area contributed by atoms with Crippen LogP contribution in [0.1, 0.15) is 22.0 Å². The summed E-state index contributed by atoms with van der Waals surface area (Å²) in [6, 6.07) is 1.10. The molecule has 0 saturated heterocycles. The van der Waals surface area contributed by atoms with Crippen LogP contribution >= 0.6 is 15.9 Å². The molecule has 6 heteroatoms.